The highest BCUT2D eigenvalue weighted by molar-refractivity contribution is 5.76. The van der Waals surface area contributed by atoms with Gasteiger partial charge in [0.05, 0.1) is 17.4 Å². The minimum absolute atomic E-state index is 0.304. The van der Waals surface area contributed by atoms with Crippen LogP contribution in [0.4, 0.5) is 0 Å². The van der Waals surface area contributed by atoms with Crippen LogP contribution >= 0.6 is 0 Å². The van der Waals surface area contributed by atoms with Crippen molar-refractivity contribution in [1.29, 1.82) is 0 Å². The zero-order valence-electron chi connectivity index (χ0n) is 15.8. The lowest BCUT2D eigenvalue weighted by molar-refractivity contribution is -0.132. The Labute approximate surface area is 160 Å². The lowest BCUT2D eigenvalue weighted by Crippen LogP contribution is -2.38. The van der Waals surface area contributed by atoms with Crippen molar-refractivity contribution in [3.63, 3.8) is 0 Å². The van der Waals surface area contributed by atoms with Crippen molar-refractivity contribution in [3.8, 4) is 0 Å². The molecule has 0 radical (unpaired) electrons. The Kier molecular flexibility index (Phi) is 5.52. The molecular weight excluding hydrogens is 334 g/mol. The van der Waals surface area contributed by atoms with Crippen LogP contribution in [0.1, 0.15) is 31.2 Å². The summed E-state index contributed by atoms with van der Waals surface area (Å²) in [6, 6.07) is 18.6. The molecule has 0 bridgehead atoms. The van der Waals surface area contributed by atoms with E-state index < -0.39 is 0 Å². The van der Waals surface area contributed by atoms with Crippen molar-refractivity contribution in [2.75, 3.05) is 13.1 Å². The average molecular weight is 361 g/mol. The second-order valence-electron chi connectivity index (χ2n) is 7.53. The molecule has 1 aromatic heterocycles. The third-order valence-corrected chi connectivity index (χ3v) is 5.74. The monoisotopic (exact) mass is 361 g/mol. The largest absolute Gasteiger partial charge is 0.343 e. The summed E-state index contributed by atoms with van der Waals surface area (Å²) in [5, 5.41) is 0. The van der Waals surface area contributed by atoms with Gasteiger partial charge in [-0.3, -0.25) is 4.79 Å². The number of hydrogen-bond donors (Lipinski definition) is 0. The van der Waals surface area contributed by atoms with Gasteiger partial charge in [0.15, 0.2) is 0 Å². The quantitative estimate of drug-likeness (QED) is 0.657. The van der Waals surface area contributed by atoms with Crippen LogP contribution in [0.2, 0.25) is 0 Å². The van der Waals surface area contributed by atoms with Gasteiger partial charge in [-0.15, -0.1) is 0 Å². The highest BCUT2D eigenvalue weighted by Gasteiger charge is 2.22. The topological polar surface area (TPSA) is 38.1 Å². The summed E-state index contributed by atoms with van der Waals surface area (Å²) >= 11 is 0. The molecular formula is C23H27N3O. The smallest absolute Gasteiger partial charge is 0.222 e. The molecule has 4 heteroatoms. The standard InChI is InChI=1S/C23H27N3O/c27-23(11-10-19-6-2-1-3-7-19)25-15-12-20(13-16-25)14-17-26-18-24-21-8-4-5-9-22(21)26/h1-9,18,20H,10-17H2. The molecule has 0 saturated carbocycles. The number of imidazole rings is 1. The molecule has 1 aliphatic rings. The van der Waals surface area contributed by atoms with E-state index in [0.717, 1.165) is 50.8 Å². The van der Waals surface area contributed by atoms with Crippen LogP contribution in [0.15, 0.2) is 60.9 Å². The molecule has 0 spiro atoms. The number of aryl methyl sites for hydroxylation is 2. The van der Waals surface area contributed by atoms with Gasteiger partial charge in [0.25, 0.3) is 0 Å². The van der Waals surface area contributed by atoms with E-state index in [1.807, 2.05) is 30.6 Å². The number of aromatic nitrogens is 2. The Hall–Kier alpha value is -2.62. The van der Waals surface area contributed by atoms with E-state index in [0.29, 0.717) is 18.2 Å². The van der Waals surface area contributed by atoms with Crippen LogP contribution in [-0.4, -0.2) is 33.4 Å². The van der Waals surface area contributed by atoms with Gasteiger partial charge in [-0.25, -0.2) is 4.98 Å². The molecule has 2 heterocycles. The molecule has 140 valence electrons. The normalized spacial score (nSPS) is 15.3. The summed E-state index contributed by atoms with van der Waals surface area (Å²) in [6.45, 7) is 2.82. The van der Waals surface area contributed by atoms with Crippen LogP contribution in [-0.2, 0) is 17.8 Å². The summed E-state index contributed by atoms with van der Waals surface area (Å²) in [5.41, 5.74) is 3.52. The van der Waals surface area contributed by atoms with Gasteiger partial charge in [-0.05, 0) is 49.3 Å². The summed E-state index contributed by atoms with van der Waals surface area (Å²) < 4.78 is 2.26. The van der Waals surface area contributed by atoms with E-state index >= 15 is 0 Å². The van der Waals surface area contributed by atoms with E-state index in [-0.39, 0.29) is 0 Å². The van der Waals surface area contributed by atoms with Crippen molar-refractivity contribution in [1.82, 2.24) is 14.5 Å². The maximum atomic E-state index is 12.5. The summed E-state index contributed by atoms with van der Waals surface area (Å²) in [7, 11) is 0. The summed E-state index contributed by atoms with van der Waals surface area (Å²) in [6.07, 6.45) is 6.80. The predicted molar refractivity (Wildman–Crippen MR) is 108 cm³/mol. The fourth-order valence-corrected chi connectivity index (χ4v) is 4.04. The number of nitrogens with zero attached hydrogens (tertiary/aromatic N) is 3. The van der Waals surface area contributed by atoms with E-state index in [2.05, 4.69) is 44.8 Å². The number of hydrogen-bond acceptors (Lipinski definition) is 2. The minimum Gasteiger partial charge on any atom is -0.343 e. The molecule has 0 unspecified atom stereocenters. The van der Waals surface area contributed by atoms with Crippen molar-refractivity contribution in [2.45, 2.75) is 38.6 Å². The predicted octanol–water partition coefficient (Wildman–Crippen LogP) is 4.30. The van der Waals surface area contributed by atoms with Gasteiger partial charge in [0.2, 0.25) is 5.91 Å². The Morgan fingerprint density at radius 3 is 2.56 bits per heavy atom. The number of likely N-dealkylation sites (tertiary alicyclic amines) is 1. The Morgan fingerprint density at radius 2 is 1.74 bits per heavy atom. The van der Waals surface area contributed by atoms with Crippen molar-refractivity contribution < 1.29 is 4.79 Å². The lowest BCUT2D eigenvalue weighted by atomic mass is 9.93. The van der Waals surface area contributed by atoms with E-state index in [9.17, 15) is 4.79 Å². The molecule has 4 rings (SSSR count). The SMILES string of the molecule is O=C(CCc1ccccc1)N1CCC(CCn2cnc3ccccc32)CC1. The maximum absolute atomic E-state index is 12.5. The highest BCUT2D eigenvalue weighted by atomic mass is 16.2. The van der Waals surface area contributed by atoms with Crippen LogP contribution in [0, 0.1) is 5.92 Å². The van der Waals surface area contributed by atoms with E-state index in [1.165, 1.54) is 11.1 Å². The van der Waals surface area contributed by atoms with Crippen LogP contribution in [0.3, 0.4) is 0 Å². The first kappa shape index (κ1) is 17.8. The zero-order chi connectivity index (χ0) is 18.5. The van der Waals surface area contributed by atoms with Crippen molar-refractivity contribution in [2.24, 2.45) is 5.92 Å². The number of amides is 1. The van der Waals surface area contributed by atoms with Crippen LogP contribution < -0.4 is 0 Å². The second-order valence-corrected chi connectivity index (χ2v) is 7.53. The van der Waals surface area contributed by atoms with Gasteiger partial charge in [0.1, 0.15) is 0 Å². The molecule has 3 aromatic rings. The van der Waals surface area contributed by atoms with E-state index in [1.54, 1.807) is 0 Å². The highest BCUT2D eigenvalue weighted by Crippen LogP contribution is 2.23. The lowest BCUT2D eigenvalue weighted by Gasteiger charge is -2.32. The number of carbonyl (C=O) groups is 1. The molecule has 0 N–H and O–H groups in total. The molecule has 1 saturated heterocycles. The maximum Gasteiger partial charge on any atom is 0.222 e. The van der Waals surface area contributed by atoms with Gasteiger partial charge >= 0.3 is 0 Å². The summed E-state index contributed by atoms with van der Waals surface area (Å²) in [5.74, 6) is 1.00. The first-order valence-electron chi connectivity index (χ1n) is 10.0. The van der Waals surface area contributed by atoms with Crippen LogP contribution in [0.25, 0.3) is 11.0 Å². The molecule has 0 atom stereocenters. The molecule has 4 nitrogen and oxygen atoms in total. The number of carbonyl (C=O) groups excluding carboxylic acids is 1. The van der Waals surface area contributed by atoms with Crippen LogP contribution in [0.5, 0.6) is 0 Å². The molecule has 0 aliphatic carbocycles. The van der Waals surface area contributed by atoms with Gasteiger partial charge in [-0.1, -0.05) is 42.5 Å². The number of piperidine rings is 1. The van der Waals surface area contributed by atoms with Crippen molar-refractivity contribution >= 4 is 16.9 Å². The molecule has 1 aliphatic heterocycles. The Bertz CT molecular complexity index is 879. The molecule has 27 heavy (non-hydrogen) atoms. The first-order valence-corrected chi connectivity index (χ1v) is 10.0. The average Bonchev–Trinajstić information content (AvgIpc) is 3.15. The first-order chi connectivity index (χ1) is 13.3. The molecule has 1 amide bonds. The van der Waals surface area contributed by atoms with Crippen molar-refractivity contribution in [3.05, 3.63) is 66.5 Å². The van der Waals surface area contributed by atoms with E-state index in [4.69, 9.17) is 0 Å². The minimum atomic E-state index is 0.304. The number of fused-ring (bicyclic) bond motifs is 1. The van der Waals surface area contributed by atoms with Gasteiger partial charge in [0, 0.05) is 26.1 Å². The third kappa shape index (κ3) is 4.38. The Balaban J connectivity index is 1.22. The fourth-order valence-electron chi connectivity index (χ4n) is 4.04. The number of rotatable bonds is 6. The zero-order valence-corrected chi connectivity index (χ0v) is 15.8. The van der Waals surface area contributed by atoms with Gasteiger partial charge in [-0.2, -0.15) is 0 Å². The molecule has 1 fully saturated rings. The third-order valence-electron chi connectivity index (χ3n) is 5.74. The van der Waals surface area contributed by atoms with Gasteiger partial charge < -0.3 is 9.47 Å². The summed E-state index contributed by atoms with van der Waals surface area (Å²) in [4.78, 5) is 19.0. The molecule has 2 aromatic carbocycles. The number of para-hydroxylation sites is 2. The number of benzene rings is 2. The second kappa shape index (κ2) is 8.38. The Morgan fingerprint density at radius 1 is 1.00 bits per heavy atom. The fraction of sp³-hybridized carbons (Fsp3) is 0.391.